The molecule has 0 spiro atoms. The van der Waals surface area contributed by atoms with E-state index in [1.54, 1.807) is 0 Å². The minimum Gasteiger partial charge on any atom is -0.490 e. The molecule has 3 atom stereocenters. The van der Waals surface area contributed by atoms with Crippen molar-refractivity contribution in [3.63, 3.8) is 0 Å². The van der Waals surface area contributed by atoms with Crippen molar-refractivity contribution in [3.05, 3.63) is 64.2 Å². The Morgan fingerprint density at radius 3 is 2.57 bits per heavy atom. The average Bonchev–Trinajstić information content (AvgIpc) is 2.73. The lowest BCUT2D eigenvalue weighted by Gasteiger charge is -2.33. The molecule has 2 aromatic carbocycles. The largest absolute Gasteiger partial charge is 0.490 e. The second-order valence-electron chi connectivity index (χ2n) is 8.16. The highest BCUT2D eigenvalue weighted by atomic mass is 35.5. The first kappa shape index (κ1) is 21.5. The van der Waals surface area contributed by atoms with Crippen LogP contribution in [0.5, 0.6) is 5.75 Å². The first-order valence-electron chi connectivity index (χ1n) is 10.2. The lowest BCUT2D eigenvalue weighted by Crippen LogP contribution is -2.50. The molecule has 2 aromatic rings. The van der Waals surface area contributed by atoms with E-state index < -0.39 is 11.8 Å². The van der Waals surface area contributed by atoms with Crippen LogP contribution in [0.25, 0.3) is 0 Å². The van der Waals surface area contributed by atoms with Crippen molar-refractivity contribution < 1.29 is 28.8 Å². The van der Waals surface area contributed by atoms with Gasteiger partial charge in [0.25, 0.3) is 0 Å². The summed E-state index contributed by atoms with van der Waals surface area (Å²) in [6.07, 6.45) is 0.416. The fraction of sp³-hybridized carbons (Fsp3) is 0.478. The van der Waals surface area contributed by atoms with E-state index in [0.717, 1.165) is 16.7 Å². The van der Waals surface area contributed by atoms with E-state index >= 15 is 0 Å². The summed E-state index contributed by atoms with van der Waals surface area (Å²) in [5.74, 6) is 0.613. The van der Waals surface area contributed by atoms with Gasteiger partial charge in [-0.1, -0.05) is 35.9 Å². The number of hydrogen-bond acceptors (Lipinski definition) is 5. The van der Waals surface area contributed by atoms with Crippen molar-refractivity contribution in [2.24, 2.45) is 0 Å². The lowest BCUT2D eigenvalue weighted by molar-refractivity contribution is -0.146. The van der Waals surface area contributed by atoms with Crippen LogP contribution in [0, 0.1) is 0 Å². The van der Waals surface area contributed by atoms with Crippen molar-refractivity contribution in [2.45, 2.75) is 43.2 Å². The molecule has 0 saturated carbocycles. The highest BCUT2D eigenvalue weighted by Crippen LogP contribution is 2.34. The number of benzene rings is 2. The molecule has 2 N–H and O–H groups in total. The van der Waals surface area contributed by atoms with Gasteiger partial charge in [0.05, 0.1) is 38.1 Å². The van der Waals surface area contributed by atoms with Gasteiger partial charge in [-0.05, 0) is 41.3 Å². The molecule has 0 radical (unpaired) electrons. The topological polar surface area (TPSA) is 68.2 Å². The Kier molecular flexibility index (Phi) is 6.60. The van der Waals surface area contributed by atoms with E-state index in [4.69, 9.17) is 25.8 Å². The molecule has 0 aliphatic carbocycles. The Labute approximate surface area is 180 Å². The zero-order chi connectivity index (χ0) is 21.1. The van der Waals surface area contributed by atoms with Gasteiger partial charge in [0.2, 0.25) is 0 Å². The Morgan fingerprint density at radius 1 is 1.13 bits per heavy atom. The third kappa shape index (κ3) is 5.13. The maximum Gasteiger partial charge on any atom is 0.190 e. The van der Waals surface area contributed by atoms with E-state index in [2.05, 4.69) is 0 Å². The van der Waals surface area contributed by atoms with Crippen molar-refractivity contribution >= 4 is 11.6 Å². The van der Waals surface area contributed by atoms with Crippen LogP contribution in [-0.4, -0.2) is 54.5 Å². The predicted octanol–water partition coefficient (Wildman–Crippen LogP) is 3.62. The van der Waals surface area contributed by atoms with Crippen molar-refractivity contribution in [1.82, 2.24) is 0 Å². The van der Waals surface area contributed by atoms with Gasteiger partial charge < -0.3 is 24.4 Å². The molecule has 0 aromatic heterocycles. The standard InChI is InChI=1S/C23H26ClFO5/c24-21-6-3-16(22-10-18(27)9-20(11-26)30-22)8-17(21)7-15-1-4-19(5-2-15)29-14-23(25)12-28-13-23/h1-6,8,18,20,22,26-27H,7,9-14H2/t18?,20-,22+/m0/s1. The van der Waals surface area contributed by atoms with E-state index in [0.29, 0.717) is 30.0 Å². The molecule has 162 valence electrons. The Morgan fingerprint density at radius 2 is 1.90 bits per heavy atom. The van der Waals surface area contributed by atoms with E-state index in [1.807, 2.05) is 42.5 Å². The summed E-state index contributed by atoms with van der Waals surface area (Å²) < 4.78 is 30.3. The molecule has 5 nitrogen and oxygen atoms in total. The number of aliphatic hydroxyl groups is 2. The minimum atomic E-state index is -1.38. The summed E-state index contributed by atoms with van der Waals surface area (Å²) in [4.78, 5) is 0. The average molecular weight is 437 g/mol. The zero-order valence-corrected chi connectivity index (χ0v) is 17.4. The summed E-state index contributed by atoms with van der Waals surface area (Å²) in [6.45, 7) is 0.0443. The van der Waals surface area contributed by atoms with Crippen molar-refractivity contribution in [2.75, 3.05) is 26.4 Å². The normalized spacial score (nSPS) is 25.5. The number of ether oxygens (including phenoxy) is 3. The third-order valence-corrected chi connectivity index (χ3v) is 5.93. The fourth-order valence-electron chi connectivity index (χ4n) is 3.80. The van der Waals surface area contributed by atoms with Crippen molar-refractivity contribution in [1.29, 1.82) is 0 Å². The minimum absolute atomic E-state index is 0.0116. The summed E-state index contributed by atoms with van der Waals surface area (Å²) in [7, 11) is 0. The van der Waals surface area contributed by atoms with Gasteiger partial charge in [-0.2, -0.15) is 0 Å². The van der Waals surface area contributed by atoms with Gasteiger partial charge in [0.15, 0.2) is 5.67 Å². The molecule has 2 heterocycles. The van der Waals surface area contributed by atoms with Gasteiger partial charge in [0.1, 0.15) is 12.4 Å². The number of halogens is 2. The summed E-state index contributed by atoms with van der Waals surface area (Å²) in [6, 6.07) is 13.2. The number of aliphatic hydroxyl groups excluding tert-OH is 2. The summed E-state index contributed by atoms with van der Waals surface area (Å²) >= 11 is 6.41. The van der Waals surface area contributed by atoms with E-state index in [9.17, 15) is 14.6 Å². The van der Waals surface area contributed by atoms with Crippen molar-refractivity contribution in [3.8, 4) is 5.75 Å². The third-order valence-electron chi connectivity index (χ3n) is 5.56. The molecule has 2 aliphatic rings. The van der Waals surface area contributed by atoms with Crippen LogP contribution in [0.15, 0.2) is 42.5 Å². The second-order valence-corrected chi connectivity index (χ2v) is 8.57. The molecule has 30 heavy (non-hydrogen) atoms. The number of hydrogen-bond donors (Lipinski definition) is 2. The number of alkyl halides is 1. The fourth-order valence-corrected chi connectivity index (χ4v) is 3.98. The smallest absolute Gasteiger partial charge is 0.190 e. The maximum atomic E-state index is 14.0. The second kappa shape index (κ2) is 9.20. The van der Waals surface area contributed by atoms with Gasteiger partial charge >= 0.3 is 0 Å². The molecule has 4 rings (SSSR count). The SMILES string of the molecule is OC[C@@H]1CC(O)C[C@H](c2ccc(Cl)c(Cc3ccc(OCC4(F)COC4)cc3)c2)O1. The predicted molar refractivity (Wildman–Crippen MR) is 111 cm³/mol. The molecule has 0 amide bonds. The van der Waals surface area contributed by atoms with E-state index in [-0.39, 0.29) is 38.6 Å². The van der Waals surface area contributed by atoms with Crippen LogP contribution in [0.2, 0.25) is 5.02 Å². The highest BCUT2D eigenvalue weighted by Gasteiger charge is 2.39. The Balaban J connectivity index is 1.42. The van der Waals surface area contributed by atoms with Gasteiger partial charge in [-0.25, -0.2) is 4.39 Å². The molecule has 2 aliphatic heterocycles. The Hall–Kier alpha value is -1.70. The number of rotatable bonds is 7. The first-order chi connectivity index (χ1) is 14.4. The molecule has 2 saturated heterocycles. The zero-order valence-electron chi connectivity index (χ0n) is 16.6. The quantitative estimate of drug-likeness (QED) is 0.693. The first-order valence-corrected chi connectivity index (χ1v) is 10.5. The summed E-state index contributed by atoms with van der Waals surface area (Å²) in [5.41, 5.74) is 1.54. The molecule has 7 heteroatoms. The summed E-state index contributed by atoms with van der Waals surface area (Å²) in [5, 5.41) is 20.1. The van der Waals surface area contributed by atoms with Crippen LogP contribution in [0.1, 0.15) is 35.6 Å². The molecule has 1 unspecified atom stereocenters. The maximum absolute atomic E-state index is 14.0. The highest BCUT2D eigenvalue weighted by molar-refractivity contribution is 6.31. The molecule has 0 bridgehead atoms. The van der Waals surface area contributed by atoms with Crippen LogP contribution < -0.4 is 4.74 Å². The van der Waals surface area contributed by atoms with Crippen LogP contribution in [0.4, 0.5) is 4.39 Å². The van der Waals surface area contributed by atoms with Gasteiger partial charge in [-0.3, -0.25) is 0 Å². The Bertz CT molecular complexity index is 855. The molecule has 2 fully saturated rings. The van der Waals surface area contributed by atoms with E-state index in [1.165, 1.54) is 0 Å². The molecular formula is C23H26ClFO5. The van der Waals surface area contributed by atoms with Gasteiger partial charge in [0, 0.05) is 17.9 Å². The van der Waals surface area contributed by atoms with Crippen LogP contribution in [-0.2, 0) is 15.9 Å². The van der Waals surface area contributed by atoms with Crippen LogP contribution >= 0.6 is 11.6 Å². The van der Waals surface area contributed by atoms with Crippen LogP contribution in [0.3, 0.4) is 0 Å². The molecular weight excluding hydrogens is 411 g/mol. The van der Waals surface area contributed by atoms with Gasteiger partial charge in [-0.15, -0.1) is 0 Å². The monoisotopic (exact) mass is 436 g/mol. The lowest BCUT2D eigenvalue weighted by atomic mass is 9.94.